The third-order valence-corrected chi connectivity index (χ3v) is 4.38. The van der Waals surface area contributed by atoms with Gasteiger partial charge in [0.05, 0.1) is 12.9 Å². The van der Waals surface area contributed by atoms with Crippen LogP contribution in [0.15, 0.2) is 30.9 Å². The van der Waals surface area contributed by atoms with Crippen LogP contribution in [0, 0.1) is 0 Å². The monoisotopic (exact) mass is 444 g/mol. The van der Waals surface area contributed by atoms with Crippen molar-refractivity contribution in [1.82, 2.24) is 24.8 Å². The number of aromatic nitrogens is 4. The van der Waals surface area contributed by atoms with Gasteiger partial charge in [-0.3, -0.25) is 4.90 Å². The van der Waals surface area contributed by atoms with Gasteiger partial charge in [0.2, 0.25) is 0 Å². The number of aromatic amines is 1. The molecule has 0 atom stereocenters. The standard InChI is InChI=1S/C18H22Cl2N6O.ClH/c1-2-27-15-4-3-14(9-13(15)10-26(7-5-19)8-6-20)25-18-16-17(22-11-21-16)23-12-24-18;/h3-4,9,11-12H,2,5-8,10H2,1H3,(H2,21,22,23,24,25);1H. The molecule has 0 unspecified atom stereocenters. The molecule has 3 rings (SSSR count). The lowest BCUT2D eigenvalue weighted by atomic mass is 10.1. The molecule has 2 aromatic heterocycles. The van der Waals surface area contributed by atoms with Crippen LogP contribution < -0.4 is 10.1 Å². The Hall–Kier alpha value is -1.80. The van der Waals surface area contributed by atoms with Gasteiger partial charge in [0.25, 0.3) is 0 Å². The van der Waals surface area contributed by atoms with Crippen LogP contribution in [0.5, 0.6) is 5.75 Å². The molecule has 2 N–H and O–H groups in total. The fraction of sp³-hybridized carbons (Fsp3) is 0.389. The van der Waals surface area contributed by atoms with Gasteiger partial charge < -0.3 is 15.0 Å². The van der Waals surface area contributed by atoms with Gasteiger partial charge >= 0.3 is 0 Å². The molecule has 0 aliphatic heterocycles. The first-order valence-electron chi connectivity index (χ1n) is 8.76. The van der Waals surface area contributed by atoms with Gasteiger partial charge in [-0.15, -0.1) is 35.6 Å². The summed E-state index contributed by atoms with van der Waals surface area (Å²) in [6.07, 6.45) is 3.09. The number of anilines is 2. The quantitative estimate of drug-likeness (QED) is 0.455. The normalized spacial score (nSPS) is 10.9. The van der Waals surface area contributed by atoms with Crippen molar-refractivity contribution >= 4 is 58.3 Å². The van der Waals surface area contributed by atoms with E-state index in [-0.39, 0.29) is 12.4 Å². The summed E-state index contributed by atoms with van der Waals surface area (Å²) in [4.78, 5) is 17.9. The SMILES string of the molecule is CCOc1ccc(Nc2ncnc3nc[nH]c23)cc1CN(CCCl)CCCl.Cl. The molecule has 7 nitrogen and oxygen atoms in total. The van der Waals surface area contributed by atoms with Crippen LogP contribution >= 0.6 is 35.6 Å². The van der Waals surface area contributed by atoms with Crippen molar-refractivity contribution < 1.29 is 4.74 Å². The fourth-order valence-corrected chi connectivity index (χ4v) is 3.30. The van der Waals surface area contributed by atoms with E-state index < -0.39 is 0 Å². The van der Waals surface area contributed by atoms with Crippen molar-refractivity contribution in [3.8, 4) is 5.75 Å². The van der Waals surface area contributed by atoms with E-state index in [2.05, 4.69) is 36.2 Å². The largest absolute Gasteiger partial charge is 0.494 e. The minimum atomic E-state index is 0. The minimum absolute atomic E-state index is 0. The van der Waals surface area contributed by atoms with E-state index in [0.29, 0.717) is 36.4 Å². The van der Waals surface area contributed by atoms with Crippen LogP contribution in [0.4, 0.5) is 11.5 Å². The summed E-state index contributed by atoms with van der Waals surface area (Å²) < 4.78 is 5.79. The molecule has 0 aliphatic rings. The van der Waals surface area contributed by atoms with Gasteiger partial charge in [-0.2, -0.15) is 0 Å². The summed E-state index contributed by atoms with van der Waals surface area (Å²) in [5.41, 5.74) is 3.35. The molecule has 1 aromatic carbocycles. The van der Waals surface area contributed by atoms with Crippen LogP contribution in [-0.4, -0.2) is 56.3 Å². The van der Waals surface area contributed by atoms with Gasteiger partial charge in [0.1, 0.15) is 17.6 Å². The number of rotatable bonds is 10. The molecule has 0 spiro atoms. The Balaban J connectivity index is 0.00000280. The average Bonchev–Trinajstić information content (AvgIpc) is 3.14. The van der Waals surface area contributed by atoms with Crippen LogP contribution in [0.2, 0.25) is 0 Å². The van der Waals surface area contributed by atoms with E-state index in [1.54, 1.807) is 6.33 Å². The Labute approximate surface area is 180 Å². The molecule has 28 heavy (non-hydrogen) atoms. The number of hydrogen-bond donors (Lipinski definition) is 2. The van der Waals surface area contributed by atoms with Crippen molar-refractivity contribution in [3.05, 3.63) is 36.4 Å². The van der Waals surface area contributed by atoms with E-state index in [1.165, 1.54) is 6.33 Å². The van der Waals surface area contributed by atoms with Crippen LogP contribution in [0.1, 0.15) is 12.5 Å². The number of fused-ring (bicyclic) bond motifs is 1. The maximum absolute atomic E-state index is 5.93. The molecule has 0 radical (unpaired) electrons. The van der Waals surface area contributed by atoms with Crippen LogP contribution in [-0.2, 0) is 6.54 Å². The lowest BCUT2D eigenvalue weighted by Gasteiger charge is -2.22. The summed E-state index contributed by atoms with van der Waals surface area (Å²) in [6, 6.07) is 5.99. The molecule has 10 heteroatoms. The maximum atomic E-state index is 5.93. The van der Waals surface area contributed by atoms with E-state index in [9.17, 15) is 0 Å². The van der Waals surface area contributed by atoms with Crippen molar-refractivity contribution in [2.75, 3.05) is 36.8 Å². The van der Waals surface area contributed by atoms with Crippen molar-refractivity contribution in [3.63, 3.8) is 0 Å². The van der Waals surface area contributed by atoms with E-state index in [4.69, 9.17) is 27.9 Å². The van der Waals surface area contributed by atoms with Gasteiger partial charge in [-0.1, -0.05) is 0 Å². The number of ether oxygens (including phenoxy) is 1. The lowest BCUT2D eigenvalue weighted by Crippen LogP contribution is -2.27. The second-order valence-corrected chi connectivity index (χ2v) is 6.61. The number of halogens is 3. The van der Waals surface area contributed by atoms with Crippen LogP contribution in [0.25, 0.3) is 11.2 Å². The van der Waals surface area contributed by atoms with Crippen molar-refractivity contribution in [2.45, 2.75) is 13.5 Å². The average molecular weight is 446 g/mol. The number of H-pyrrole nitrogens is 1. The van der Waals surface area contributed by atoms with Gasteiger partial charge in [-0.25, -0.2) is 15.0 Å². The predicted octanol–water partition coefficient (Wildman–Crippen LogP) is 4.20. The summed E-state index contributed by atoms with van der Waals surface area (Å²) in [5.74, 6) is 2.63. The highest BCUT2D eigenvalue weighted by Gasteiger charge is 2.12. The number of nitrogens with one attached hydrogen (secondary N) is 2. The van der Waals surface area contributed by atoms with E-state index >= 15 is 0 Å². The first-order chi connectivity index (χ1) is 13.2. The van der Waals surface area contributed by atoms with Crippen molar-refractivity contribution in [2.24, 2.45) is 0 Å². The second kappa shape index (κ2) is 11.3. The molecule has 0 saturated heterocycles. The minimum Gasteiger partial charge on any atom is -0.494 e. The number of imidazole rings is 1. The Kier molecular flexibility index (Phi) is 9.05. The highest BCUT2D eigenvalue weighted by Crippen LogP contribution is 2.27. The molecule has 2 heterocycles. The summed E-state index contributed by atoms with van der Waals surface area (Å²) in [7, 11) is 0. The maximum Gasteiger partial charge on any atom is 0.182 e. The highest BCUT2D eigenvalue weighted by atomic mass is 35.5. The summed E-state index contributed by atoms with van der Waals surface area (Å²) >= 11 is 11.9. The van der Waals surface area contributed by atoms with Crippen molar-refractivity contribution in [1.29, 1.82) is 0 Å². The van der Waals surface area contributed by atoms with Gasteiger partial charge in [0.15, 0.2) is 11.5 Å². The zero-order valence-corrected chi connectivity index (χ0v) is 17.8. The van der Waals surface area contributed by atoms with Gasteiger partial charge in [0, 0.05) is 42.6 Å². The molecular formula is C18H23Cl3N6O. The Bertz CT molecular complexity index is 869. The smallest absolute Gasteiger partial charge is 0.182 e. The molecular weight excluding hydrogens is 423 g/mol. The Morgan fingerprint density at radius 3 is 2.64 bits per heavy atom. The molecule has 3 aromatic rings. The molecule has 0 bridgehead atoms. The summed E-state index contributed by atoms with van der Waals surface area (Å²) in [6.45, 7) is 4.80. The van der Waals surface area contributed by atoms with Gasteiger partial charge in [-0.05, 0) is 25.1 Å². The number of benzene rings is 1. The van der Waals surface area contributed by atoms with E-state index in [1.807, 2.05) is 19.1 Å². The third-order valence-electron chi connectivity index (χ3n) is 4.04. The van der Waals surface area contributed by atoms with Crippen LogP contribution in [0.3, 0.4) is 0 Å². The number of hydrogen-bond acceptors (Lipinski definition) is 6. The Morgan fingerprint density at radius 1 is 1.14 bits per heavy atom. The lowest BCUT2D eigenvalue weighted by molar-refractivity contribution is 0.285. The first kappa shape index (κ1) is 22.5. The molecule has 152 valence electrons. The zero-order chi connectivity index (χ0) is 19.1. The first-order valence-corrected chi connectivity index (χ1v) is 9.83. The number of nitrogens with zero attached hydrogens (tertiary/aromatic N) is 4. The number of alkyl halides is 2. The topological polar surface area (TPSA) is 79.0 Å². The summed E-state index contributed by atoms with van der Waals surface area (Å²) in [5, 5.41) is 3.33. The highest BCUT2D eigenvalue weighted by molar-refractivity contribution is 6.18. The van der Waals surface area contributed by atoms with E-state index in [0.717, 1.165) is 35.6 Å². The molecule has 0 saturated carbocycles. The fourth-order valence-electron chi connectivity index (χ4n) is 2.82. The zero-order valence-electron chi connectivity index (χ0n) is 15.5. The predicted molar refractivity (Wildman–Crippen MR) is 117 cm³/mol. The third kappa shape index (κ3) is 5.61. The second-order valence-electron chi connectivity index (χ2n) is 5.86. The molecule has 0 aliphatic carbocycles. The Morgan fingerprint density at radius 2 is 1.93 bits per heavy atom. The molecule has 0 amide bonds. The molecule has 0 fully saturated rings.